The molecule has 0 saturated carbocycles. The highest BCUT2D eigenvalue weighted by Gasteiger charge is 2.16. The number of thiophene rings is 1. The largest absolute Gasteiger partial charge is 0.294 e. The Morgan fingerprint density at radius 2 is 2.11 bits per heavy atom. The fraction of sp³-hybridized carbons (Fsp3) is 0.0833. The van der Waals surface area contributed by atoms with Crippen molar-refractivity contribution in [3.8, 4) is 0 Å². The van der Waals surface area contributed by atoms with Crippen molar-refractivity contribution in [2.45, 2.75) is 6.42 Å². The van der Waals surface area contributed by atoms with Crippen LogP contribution in [-0.4, -0.2) is 5.78 Å². The molecule has 0 amide bonds. The molecule has 1 aromatic carbocycles. The second-order valence-electron chi connectivity index (χ2n) is 3.55. The van der Waals surface area contributed by atoms with Crippen molar-refractivity contribution in [1.82, 2.24) is 0 Å². The van der Waals surface area contributed by atoms with Gasteiger partial charge in [-0.05, 0) is 49.6 Å². The number of hydrogen-bond donors (Lipinski definition) is 0. The lowest BCUT2D eigenvalue weighted by molar-refractivity contribution is 0.0992. The zero-order chi connectivity index (χ0) is 13.3. The van der Waals surface area contributed by atoms with Crippen molar-refractivity contribution in [3.63, 3.8) is 0 Å². The maximum Gasteiger partial charge on any atom is 0.169 e. The van der Waals surface area contributed by atoms with Gasteiger partial charge in [-0.3, -0.25) is 4.79 Å². The summed E-state index contributed by atoms with van der Waals surface area (Å²) in [5, 5.41) is 0.0104. The third-order valence-electron chi connectivity index (χ3n) is 2.34. The molecule has 1 heterocycles. The molecule has 0 unspecified atom stereocenters. The first kappa shape index (κ1) is 14.2. The van der Waals surface area contributed by atoms with Crippen molar-refractivity contribution in [2.24, 2.45) is 0 Å². The summed E-state index contributed by atoms with van der Waals surface area (Å²) < 4.78 is 14.9. The molecule has 94 valence electrons. The van der Waals surface area contributed by atoms with Crippen molar-refractivity contribution in [2.75, 3.05) is 0 Å². The van der Waals surface area contributed by atoms with Crippen molar-refractivity contribution >= 4 is 60.6 Å². The fourth-order valence-corrected chi connectivity index (χ4v) is 4.53. The van der Waals surface area contributed by atoms with Gasteiger partial charge in [-0.1, -0.05) is 23.7 Å². The summed E-state index contributed by atoms with van der Waals surface area (Å²) in [5.41, 5.74) is 1.07. The van der Waals surface area contributed by atoms with E-state index in [9.17, 15) is 9.18 Å². The van der Waals surface area contributed by atoms with Crippen LogP contribution in [-0.2, 0) is 6.42 Å². The Morgan fingerprint density at radius 3 is 2.72 bits per heavy atom. The number of benzene rings is 1. The second kappa shape index (κ2) is 5.82. The molecule has 0 N–H and O–H groups in total. The average molecular weight is 413 g/mol. The van der Waals surface area contributed by atoms with Gasteiger partial charge in [0.25, 0.3) is 0 Å². The van der Waals surface area contributed by atoms with Crippen LogP contribution in [0.5, 0.6) is 0 Å². The first-order valence-electron chi connectivity index (χ1n) is 4.90. The van der Waals surface area contributed by atoms with Crippen LogP contribution >= 0.6 is 54.8 Å². The summed E-state index contributed by atoms with van der Waals surface area (Å²) >= 11 is 13.9. The summed E-state index contributed by atoms with van der Waals surface area (Å²) in [6.07, 6.45) is 0.0817. The maximum absolute atomic E-state index is 13.3. The molecule has 0 radical (unpaired) electrons. The Kier molecular flexibility index (Phi) is 4.59. The summed E-state index contributed by atoms with van der Waals surface area (Å²) in [4.78, 5) is 12.1. The zero-order valence-corrected chi connectivity index (χ0v) is 13.6. The molecule has 0 saturated heterocycles. The molecule has 1 nitrogen and oxygen atoms in total. The van der Waals surface area contributed by atoms with Gasteiger partial charge in [0, 0.05) is 12.0 Å². The Morgan fingerprint density at radius 1 is 1.39 bits per heavy atom. The Bertz CT molecular complexity index is 612. The molecular formula is C12H6Br2ClFOS. The molecule has 2 rings (SSSR count). The zero-order valence-electron chi connectivity index (χ0n) is 8.84. The topological polar surface area (TPSA) is 17.1 Å². The van der Waals surface area contributed by atoms with Gasteiger partial charge in [0.05, 0.1) is 12.6 Å². The van der Waals surface area contributed by atoms with E-state index in [4.69, 9.17) is 11.6 Å². The standard InChI is InChI=1S/C12H6Br2ClFOS/c13-10-5-7(12(14)18-10)9(17)4-6-2-1-3-8(16)11(6)15/h1-3,5H,4H2. The van der Waals surface area contributed by atoms with Crippen LogP contribution < -0.4 is 0 Å². The van der Waals surface area contributed by atoms with Gasteiger partial charge < -0.3 is 0 Å². The van der Waals surface area contributed by atoms with Gasteiger partial charge in [-0.25, -0.2) is 4.39 Å². The molecule has 1 aromatic heterocycles. The summed E-state index contributed by atoms with van der Waals surface area (Å²) in [7, 11) is 0. The molecule has 0 atom stereocenters. The van der Waals surface area contributed by atoms with Crippen LogP contribution in [0.25, 0.3) is 0 Å². The predicted molar refractivity (Wildman–Crippen MR) is 79.2 cm³/mol. The van der Waals surface area contributed by atoms with E-state index in [2.05, 4.69) is 31.9 Å². The molecule has 0 aliphatic heterocycles. The number of carbonyl (C=O) groups excluding carboxylic acids is 1. The number of carbonyl (C=O) groups is 1. The highest BCUT2D eigenvalue weighted by Crippen LogP contribution is 2.33. The van der Waals surface area contributed by atoms with E-state index in [0.29, 0.717) is 11.1 Å². The van der Waals surface area contributed by atoms with Crippen molar-refractivity contribution < 1.29 is 9.18 Å². The first-order chi connectivity index (χ1) is 8.49. The molecule has 0 bridgehead atoms. The molecular weight excluding hydrogens is 406 g/mol. The third kappa shape index (κ3) is 3.02. The highest BCUT2D eigenvalue weighted by atomic mass is 79.9. The summed E-state index contributed by atoms with van der Waals surface area (Å²) in [5.74, 6) is -0.608. The van der Waals surface area contributed by atoms with Gasteiger partial charge >= 0.3 is 0 Å². The van der Waals surface area contributed by atoms with E-state index in [1.807, 2.05) is 0 Å². The fourth-order valence-electron chi connectivity index (χ4n) is 1.48. The number of halogens is 4. The van der Waals surface area contributed by atoms with Crippen LogP contribution in [0.3, 0.4) is 0 Å². The highest BCUT2D eigenvalue weighted by molar-refractivity contribution is 9.12. The molecule has 0 fully saturated rings. The lowest BCUT2D eigenvalue weighted by atomic mass is 10.1. The first-order valence-corrected chi connectivity index (χ1v) is 7.68. The predicted octanol–water partition coefficient (Wildman–Crippen LogP) is 5.49. The van der Waals surface area contributed by atoms with Crippen LogP contribution in [0.2, 0.25) is 5.02 Å². The molecule has 0 spiro atoms. The van der Waals surface area contributed by atoms with Gasteiger partial charge in [-0.15, -0.1) is 11.3 Å². The summed E-state index contributed by atoms with van der Waals surface area (Å²) in [6, 6.07) is 6.21. The number of ketones is 1. The minimum absolute atomic E-state index is 0.0104. The average Bonchev–Trinajstić information content (AvgIpc) is 2.64. The van der Waals surface area contributed by atoms with E-state index in [-0.39, 0.29) is 17.2 Å². The molecule has 0 aliphatic carbocycles. The molecule has 0 aliphatic rings. The van der Waals surface area contributed by atoms with E-state index in [1.54, 1.807) is 18.2 Å². The van der Waals surface area contributed by atoms with Gasteiger partial charge in [0.15, 0.2) is 5.78 Å². The number of Topliss-reactive ketones (excluding diaryl/α,β-unsaturated/α-hetero) is 1. The second-order valence-corrected chi connectivity index (χ2v) is 7.68. The minimum atomic E-state index is -0.507. The van der Waals surface area contributed by atoms with Gasteiger partial charge in [0.2, 0.25) is 0 Å². The Hall–Kier alpha value is -0.230. The monoisotopic (exact) mass is 410 g/mol. The summed E-state index contributed by atoms with van der Waals surface area (Å²) in [6.45, 7) is 0. The Labute approximate surface area is 129 Å². The van der Waals surface area contributed by atoms with E-state index < -0.39 is 5.82 Å². The quantitative estimate of drug-likeness (QED) is 0.609. The van der Waals surface area contributed by atoms with Crippen LogP contribution in [0, 0.1) is 5.82 Å². The molecule has 6 heteroatoms. The normalized spacial score (nSPS) is 10.7. The minimum Gasteiger partial charge on any atom is -0.294 e. The van der Waals surface area contributed by atoms with E-state index in [1.165, 1.54) is 17.4 Å². The SMILES string of the molecule is O=C(Cc1cccc(F)c1Cl)c1cc(Br)sc1Br. The van der Waals surface area contributed by atoms with E-state index in [0.717, 1.165) is 7.57 Å². The molecule has 2 aromatic rings. The molecule has 18 heavy (non-hydrogen) atoms. The van der Waals surface area contributed by atoms with Crippen LogP contribution in [0.15, 0.2) is 31.8 Å². The number of rotatable bonds is 3. The number of hydrogen-bond acceptors (Lipinski definition) is 2. The lowest BCUT2D eigenvalue weighted by Gasteiger charge is -2.03. The van der Waals surface area contributed by atoms with Crippen molar-refractivity contribution in [3.05, 3.63) is 53.8 Å². The van der Waals surface area contributed by atoms with Gasteiger partial charge in [-0.2, -0.15) is 0 Å². The Balaban J connectivity index is 2.27. The lowest BCUT2D eigenvalue weighted by Crippen LogP contribution is -2.04. The van der Waals surface area contributed by atoms with Crippen LogP contribution in [0.4, 0.5) is 4.39 Å². The van der Waals surface area contributed by atoms with E-state index >= 15 is 0 Å². The third-order valence-corrected chi connectivity index (χ3v) is 5.10. The van der Waals surface area contributed by atoms with Crippen LogP contribution in [0.1, 0.15) is 15.9 Å². The van der Waals surface area contributed by atoms with Gasteiger partial charge in [0.1, 0.15) is 5.82 Å². The maximum atomic E-state index is 13.3. The smallest absolute Gasteiger partial charge is 0.169 e. The van der Waals surface area contributed by atoms with Crippen molar-refractivity contribution in [1.29, 1.82) is 0 Å².